The molecule has 0 radical (unpaired) electrons. The van der Waals surface area contributed by atoms with E-state index in [0.717, 1.165) is 42.8 Å². The fourth-order valence-electron chi connectivity index (χ4n) is 3.76. The summed E-state index contributed by atoms with van der Waals surface area (Å²) in [4.78, 5) is 19.2. The van der Waals surface area contributed by atoms with Gasteiger partial charge in [0.15, 0.2) is 0 Å². The summed E-state index contributed by atoms with van der Waals surface area (Å²) in [7, 11) is -3.83. The predicted octanol–water partition coefficient (Wildman–Crippen LogP) is 3.96. The molecule has 0 aliphatic carbocycles. The van der Waals surface area contributed by atoms with Gasteiger partial charge in [0.2, 0.25) is 5.91 Å². The van der Waals surface area contributed by atoms with Crippen LogP contribution in [0.5, 0.6) is 0 Å². The van der Waals surface area contributed by atoms with Crippen molar-refractivity contribution in [3.63, 3.8) is 0 Å². The molecule has 0 bridgehead atoms. The number of benzene rings is 1. The fourth-order valence-corrected chi connectivity index (χ4v) is 5.75. The number of aryl methyl sites for hydroxylation is 3. The van der Waals surface area contributed by atoms with Crippen LogP contribution in [-0.4, -0.2) is 41.9 Å². The number of carbonyl (C=O) groups is 1. The number of hydrogen-bond donors (Lipinski definition) is 1. The van der Waals surface area contributed by atoms with Crippen LogP contribution < -0.4 is 4.72 Å². The molecule has 9 heteroatoms. The first-order chi connectivity index (χ1) is 14.7. The van der Waals surface area contributed by atoms with Gasteiger partial charge in [-0.1, -0.05) is 17.7 Å². The lowest BCUT2D eigenvalue weighted by atomic mass is 10.1. The third-order valence-corrected chi connectivity index (χ3v) is 7.73. The van der Waals surface area contributed by atoms with Crippen LogP contribution in [0.15, 0.2) is 40.7 Å². The van der Waals surface area contributed by atoms with Crippen molar-refractivity contribution in [2.24, 2.45) is 0 Å². The number of likely N-dealkylation sites (tertiary alicyclic amines) is 1. The maximum absolute atomic E-state index is 13.1. The quantitative estimate of drug-likeness (QED) is 0.606. The largest absolute Gasteiger partial charge is 0.341 e. The Labute approximate surface area is 186 Å². The van der Waals surface area contributed by atoms with E-state index in [1.165, 1.54) is 17.5 Å². The highest BCUT2D eigenvalue weighted by molar-refractivity contribution is 7.92. The second kappa shape index (κ2) is 8.47. The number of aromatic nitrogens is 2. The lowest BCUT2D eigenvalue weighted by molar-refractivity contribution is -0.130. The maximum atomic E-state index is 13.1. The highest BCUT2D eigenvalue weighted by Gasteiger charge is 2.24. The number of amides is 1. The summed E-state index contributed by atoms with van der Waals surface area (Å²) >= 11 is 1.44. The summed E-state index contributed by atoms with van der Waals surface area (Å²) in [6.07, 6.45) is 3.55. The first-order valence-electron chi connectivity index (χ1n) is 10.2. The van der Waals surface area contributed by atoms with Gasteiger partial charge in [-0.3, -0.25) is 9.52 Å². The van der Waals surface area contributed by atoms with E-state index in [1.54, 1.807) is 16.7 Å². The van der Waals surface area contributed by atoms with Gasteiger partial charge >= 0.3 is 0 Å². The van der Waals surface area contributed by atoms with Gasteiger partial charge in [-0.25, -0.2) is 13.4 Å². The van der Waals surface area contributed by atoms with Crippen molar-refractivity contribution in [3.8, 4) is 10.7 Å². The minimum absolute atomic E-state index is 0.00563. The number of thiazole rings is 1. The molecule has 4 rings (SSSR count). The average molecular weight is 459 g/mol. The van der Waals surface area contributed by atoms with E-state index < -0.39 is 10.0 Å². The first-order valence-corrected chi connectivity index (χ1v) is 12.6. The molecular weight excluding hydrogens is 432 g/mol. The summed E-state index contributed by atoms with van der Waals surface area (Å²) in [5.74, 6) is -0.00563. The molecule has 164 valence electrons. The number of sulfonamides is 1. The molecule has 1 amide bonds. The highest BCUT2D eigenvalue weighted by atomic mass is 32.2. The molecule has 1 aliphatic heterocycles. The van der Waals surface area contributed by atoms with Gasteiger partial charge in [0, 0.05) is 30.4 Å². The average Bonchev–Trinajstić information content (AvgIpc) is 3.44. The van der Waals surface area contributed by atoms with Crippen LogP contribution in [0.25, 0.3) is 10.7 Å². The van der Waals surface area contributed by atoms with Crippen molar-refractivity contribution >= 4 is 33.0 Å². The van der Waals surface area contributed by atoms with E-state index in [9.17, 15) is 13.2 Å². The molecular formula is C22H26N4O3S2. The Morgan fingerprint density at radius 3 is 2.55 bits per heavy atom. The van der Waals surface area contributed by atoms with Crippen LogP contribution in [0.2, 0.25) is 0 Å². The molecule has 2 aromatic heterocycles. The summed E-state index contributed by atoms with van der Waals surface area (Å²) in [5.41, 5.74) is 3.94. The van der Waals surface area contributed by atoms with Crippen molar-refractivity contribution in [2.45, 2.75) is 45.1 Å². The van der Waals surface area contributed by atoms with Crippen LogP contribution in [0, 0.1) is 20.8 Å². The SMILES string of the molecule is Cc1ccc(NS(=O)(=O)c2cc(-c3nc(C)cs3)n(CC(=O)N3CCCC3)c2)c(C)c1. The number of nitrogens with zero attached hydrogens (tertiary/aromatic N) is 3. The molecule has 0 saturated carbocycles. The zero-order valence-corrected chi connectivity index (χ0v) is 19.5. The Morgan fingerprint density at radius 2 is 1.90 bits per heavy atom. The number of rotatable bonds is 6. The van der Waals surface area contributed by atoms with Crippen molar-refractivity contribution < 1.29 is 13.2 Å². The molecule has 7 nitrogen and oxygen atoms in total. The molecule has 0 atom stereocenters. The van der Waals surface area contributed by atoms with Crippen molar-refractivity contribution in [2.75, 3.05) is 17.8 Å². The molecule has 0 unspecified atom stereocenters. The molecule has 0 spiro atoms. The summed E-state index contributed by atoms with van der Waals surface area (Å²) in [5, 5.41) is 2.61. The Morgan fingerprint density at radius 1 is 1.16 bits per heavy atom. The molecule has 3 aromatic rings. The van der Waals surface area contributed by atoms with Crippen molar-refractivity contribution in [3.05, 3.63) is 52.7 Å². The third kappa shape index (κ3) is 4.67. The normalized spacial score (nSPS) is 14.2. The molecule has 1 aliphatic rings. The Kier molecular flexibility index (Phi) is 5.90. The van der Waals surface area contributed by atoms with Crippen molar-refractivity contribution in [1.29, 1.82) is 0 Å². The smallest absolute Gasteiger partial charge is 0.263 e. The third-order valence-electron chi connectivity index (χ3n) is 5.41. The Hall–Kier alpha value is -2.65. The Balaban J connectivity index is 1.68. The molecule has 1 saturated heterocycles. The van der Waals surface area contributed by atoms with Crippen LogP contribution >= 0.6 is 11.3 Å². The molecule has 1 fully saturated rings. The fraction of sp³-hybridized carbons (Fsp3) is 0.364. The zero-order valence-electron chi connectivity index (χ0n) is 17.9. The van der Waals surface area contributed by atoms with Crippen LogP contribution in [0.1, 0.15) is 29.7 Å². The lowest BCUT2D eigenvalue weighted by Crippen LogP contribution is -2.31. The van der Waals surface area contributed by atoms with Crippen LogP contribution in [-0.2, 0) is 21.4 Å². The molecule has 31 heavy (non-hydrogen) atoms. The lowest BCUT2D eigenvalue weighted by Gasteiger charge is -2.16. The van der Waals surface area contributed by atoms with Gasteiger partial charge in [-0.2, -0.15) is 0 Å². The van der Waals surface area contributed by atoms with E-state index in [4.69, 9.17) is 0 Å². The minimum Gasteiger partial charge on any atom is -0.341 e. The molecule has 1 aromatic carbocycles. The minimum atomic E-state index is -3.83. The van der Waals surface area contributed by atoms with E-state index in [-0.39, 0.29) is 17.3 Å². The second-order valence-corrected chi connectivity index (χ2v) is 10.5. The summed E-state index contributed by atoms with van der Waals surface area (Å²) < 4.78 is 30.7. The number of hydrogen-bond acceptors (Lipinski definition) is 5. The number of carbonyl (C=O) groups excluding carboxylic acids is 1. The van der Waals surface area contributed by atoms with Gasteiger partial charge in [-0.05, 0) is 51.3 Å². The standard InChI is InChI=1S/C22H26N4O3S2/c1-15-6-7-19(16(2)10-15)24-31(28,29)18-11-20(22-23-17(3)14-30-22)26(12-18)13-21(27)25-8-4-5-9-25/h6-7,10-12,14,24H,4-5,8-9,13H2,1-3H3. The van der Waals surface area contributed by atoms with Gasteiger partial charge < -0.3 is 9.47 Å². The molecule has 1 N–H and O–H groups in total. The van der Waals surface area contributed by atoms with Gasteiger partial charge in [-0.15, -0.1) is 11.3 Å². The number of anilines is 1. The summed E-state index contributed by atoms with van der Waals surface area (Å²) in [6.45, 7) is 7.32. The van der Waals surface area contributed by atoms with Gasteiger partial charge in [0.1, 0.15) is 16.4 Å². The zero-order chi connectivity index (χ0) is 22.2. The maximum Gasteiger partial charge on any atom is 0.263 e. The monoisotopic (exact) mass is 458 g/mol. The number of nitrogens with one attached hydrogen (secondary N) is 1. The molecule has 3 heterocycles. The topological polar surface area (TPSA) is 84.3 Å². The van der Waals surface area contributed by atoms with Crippen LogP contribution in [0.3, 0.4) is 0 Å². The van der Waals surface area contributed by atoms with E-state index >= 15 is 0 Å². The Bertz CT molecular complexity index is 1220. The van der Waals surface area contributed by atoms with Crippen molar-refractivity contribution in [1.82, 2.24) is 14.5 Å². The second-order valence-electron chi connectivity index (χ2n) is 7.99. The van der Waals surface area contributed by atoms with E-state index in [1.807, 2.05) is 43.2 Å². The van der Waals surface area contributed by atoms with Crippen LogP contribution in [0.4, 0.5) is 5.69 Å². The summed E-state index contributed by atoms with van der Waals surface area (Å²) in [6, 6.07) is 7.17. The highest BCUT2D eigenvalue weighted by Crippen LogP contribution is 2.29. The van der Waals surface area contributed by atoms with E-state index in [0.29, 0.717) is 16.4 Å². The first kappa shape index (κ1) is 21.6. The van der Waals surface area contributed by atoms with Gasteiger partial charge in [0.05, 0.1) is 11.4 Å². The van der Waals surface area contributed by atoms with Gasteiger partial charge in [0.25, 0.3) is 10.0 Å². The van der Waals surface area contributed by atoms with E-state index in [2.05, 4.69) is 9.71 Å². The predicted molar refractivity (Wildman–Crippen MR) is 123 cm³/mol.